The normalized spacial score (nSPS) is 13.1. The van der Waals surface area contributed by atoms with Crippen molar-refractivity contribution in [3.8, 4) is 5.75 Å². The predicted octanol–water partition coefficient (Wildman–Crippen LogP) is 4.76. The number of fused-ring (bicyclic) bond motifs is 1. The van der Waals surface area contributed by atoms with Crippen LogP contribution in [0.2, 0.25) is 0 Å². The summed E-state index contributed by atoms with van der Waals surface area (Å²) in [6, 6.07) is 16.2. The molecule has 3 aromatic carbocycles. The van der Waals surface area contributed by atoms with Crippen LogP contribution in [-0.4, -0.2) is 24.2 Å². The van der Waals surface area contributed by atoms with Gasteiger partial charge < -0.3 is 15.0 Å². The first-order chi connectivity index (χ1) is 16.6. The Morgan fingerprint density at radius 1 is 0.971 bits per heavy atom. The lowest BCUT2D eigenvalue weighted by molar-refractivity contribution is -0.137. The monoisotopic (exact) mass is 482 g/mol. The van der Waals surface area contributed by atoms with Crippen molar-refractivity contribution in [2.75, 3.05) is 11.5 Å². The summed E-state index contributed by atoms with van der Waals surface area (Å²) in [5, 5.41) is 2.62. The maximum absolute atomic E-state index is 12.9. The van der Waals surface area contributed by atoms with Gasteiger partial charge in [0, 0.05) is 17.7 Å². The first-order valence-corrected chi connectivity index (χ1v) is 10.7. The summed E-state index contributed by atoms with van der Waals surface area (Å²) < 4.78 is 44.2. The van der Waals surface area contributed by atoms with Gasteiger partial charge in [-0.1, -0.05) is 24.3 Å². The van der Waals surface area contributed by atoms with Crippen molar-refractivity contribution in [3.63, 3.8) is 0 Å². The lowest BCUT2D eigenvalue weighted by Gasteiger charge is -2.30. The maximum Gasteiger partial charge on any atom is 0.416 e. The molecule has 0 spiro atoms. The number of hydrogen-bond acceptors (Lipinski definition) is 4. The third-order valence-corrected chi connectivity index (χ3v) is 5.55. The Labute approximate surface area is 199 Å². The first kappa shape index (κ1) is 24.0. The summed E-state index contributed by atoms with van der Waals surface area (Å²) in [7, 11) is 0. The molecule has 0 fully saturated rings. The molecule has 1 aliphatic heterocycles. The van der Waals surface area contributed by atoms with Gasteiger partial charge in [0.25, 0.3) is 11.8 Å². The molecule has 2 amide bonds. The number of nitrogens with one attached hydrogen (secondary N) is 1. The van der Waals surface area contributed by atoms with E-state index >= 15 is 0 Å². The average Bonchev–Trinajstić information content (AvgIpc) is 2.84. The molecule has 3 aromatic rings. The molecular weight excluding hydrogens is 461 g/mol. The minimum atomic E-state index is -4.46. The van der Waals surface area contributed by atoms with E-state index in [-0.39, 0.29) is 31.4 Å². The quantitative estimate of drug-likeness (QED) is 0.514. The number of benzene rings is 3. The molecule has 0 aromatic heterocycles. The van der Waals surface area contributed by atoms with Crippen molar-refractivity contribution in [1.29, 1.82) is 0 Å². The number of halogens is 3. The Hall–Kier alpha value is -4.14. The van der Waals surface area contributed by atoms with Crippen LogP contribution in [-0.2, 0) is 24.1 Å². The van der Waals surface area contributed by atoms with E-state index in [1.165, 1.54) is 24.0 Å². The van der Waals surface area contributed by atoms with Gasteiger partial charge in [0.2, 0.25) is 0 Å². The molecule has 0 saturated carbocycles. The van der Waals surface area contributed by atoms with E-state index < -0.39 is 17.6 Å². The molecule has 1 aliphatic rings. The predicted molar refractivity (Wildman–Crippen MR) is 122 cm³/mol. The highest BCUT2D eigenvalue weighted by molar-refractivity contribution is 6.01. The smallest absolute Gasteiger partial charge is 0.416 e. The summed E-state index contributed by atoms with van der Waals surface area (Å²) in [5.41, 5.74) is 1.40. The van der Waals surface area contributed by atoms with Crippen LogP contribution in [0, 0.1) is 0 Å². The second-order valence-electron chi connectivity index (χ2n) is 8.09. The zero-order valence-electron chi connectivity index (χ0n) is 18.7. The fourth-order valence-corrected chi connectivity index (χ4v) is 3.73. The number of alkyl halides is 3. The Kier molecular flexibility index (Phi) is 6.59. The number of Topliss-reactive ketones (excluding diaryl/α,β-unsaturated/α-hetero) is 1. The summed E-state index contributed by atoms with van der Waals surface area (Å²) in [4.78, 5) is 38.5. The van der Waals surface area contributed by atoms with Gasteiger partial charge in [0.05, 0.1) is 17.8 Å². The standard InChI is InChI=1S/C26H21F3N2O4/c1-16(32)19-8-9-23-22(12-19)31(24(33)15-35-23)14-18-5-2-6-20(10-18)25(34)30-13-17-4-3-7-21(11-17)26(27,28)29/h2-12H,13-15H2,1H3,(H,30,34). The summed E-state index contributed by atoms with van der Waals surface area (Å²) >= 11 is 0. The van der Waals surface area contributed by atoms with E-state index in [1.54, 1.807) is 42.5 Å². The van der Waals surface area contributed by atoms with Crippen molar-refractivity contribution in [1.82, 2.24) is 5.32 Å². The number of hydrogen-bond donors (Lipinski definition) is 1. The van der Waals surface area contributed by atoms with E-state index in [1.807, 2.05) is 0 Å². The van der Waals surface area contributed by atoms with Gasteiger partial charge in [0.15, 0.2) is 12.4 Å². The third kappa shape index (κ3) is 5.51. The van der Waals surface area contributed by atoms with Crippen LogP contribution >= 0.6 is 0 Å². The molecular formula is C26H21F3N2O4. The molecule has 0 aliphatic carbocycles. The molecule has 180 valence electrons. The fourth-order valence-electron chi connectivity index (χ4n) is 3.73. The third-order valence-electron chi connectivity index (χ3n) is 5.55. The number of amides is 2. The number of ketones is 1. The number of anilines is 1. The van der Waals surface area contributed by atoms with Gasteiger partial charge in [-0.15, -0.1) is 0 Å². The topological polar surface area (TPSA) is 75.7 Å². The number of nitrogens with zero attached hydrogens (tertiary/aromatic N) is 1. The molecule has 0 bridgehead atoms. The van der Waals surface area contributed by atoms with E-state index in [2.05, 4.69) is 5.32 Å². The van der Waals surface area contributed by atoms with Crippen LogP contribution in [0.5, 0.6) is 5.75 Å². The lowest BCUT2D eigenvalue weighted by Crippen LogP contribution is -2.38. The van der Waals surface area contributed by atoms with Crippen LogP contribution in [0.4, 0.5) is 18.9 Å². The molecule has 1 heterocycles. The number of ether oxygens (including phenoxy) is 1. The number of carbonyl (C=O) groups is 3. The highest BCUT2D eigenvalue weighted by Crippen LogP contribution is 2.34. The van der Waals surface area contributed by atoms with Gasteiger partial charge in [-0.2, -0.15) is 13.2 Å². The minimum Gasteiger partial charge on any atom is -0.482 e. The van der Waals surface area contributed by atoms with Gasteiger partial charge in [-0.25, -0.2) is 0 Å². The van der Waals surface area contributed by atoms with Crippen LogP contribution in [0.15, 0.2) is 66.7 Å². The Morgan fingerprint density at radius 2 is 1.71 bits per heavy atom. The van der Waals surface area contributed by atoms with Crippen molar-refractivity contribution < 1.29 is 32.3 Å². The van der Waals surface area contributed by atoms with E-state index in [0.717, 1.165) is 12.1 Å². The van der Waals surface area contributed by atoms with Crippen LogP contribution in [0.25, 0.3) is 0 Å². The molecule has 9 heteroatoms. The minimum absolute atomic E-state index is 0.0733. The van der Waals surface area contributed by atoms with Gasteiger partial charge in [-0.3, -0.25) is 14.4 Å². The molecule has 6 nitrogen and oxygen atoms in total. The Morgan fingerprint density at radius 3 is 2.46 bits per heavy atom. The van der Waals surface area contributed by atoms with E-state index in [9.17, 15) is 27.6 Å². The molecule has 0 saturated heterocycles. The Balaban J connectivity index is 1.49. The lowest BCUT2D eigenvalue weighted by atomic mass is 10.1. The van der Waals surface area contributed by atoms with Gasteiger partial charge in [-0.05, 0) is 60.5 Å². The van der Waals surface area contributed by atoms with Gasteiger partial charge >= 0.3 is 6.18 Å². The highest BCUT2D eigenvalue weighted by atomic mass is 19.4. The second kappa shape index (κ2) is 9.61. The van der Waals surface area contributed by atoms with E-state index in [4.69, 9.17) is 4.74 Å². The number of rotatable bonds is 6. The van der Waals surface area contributed by atoms with Gasteiger partial charge in [0.1, 0.15) is 5.75 Å². The molecule has 0 radical (unpaired) electrons. The van der Waals surface area contributed by atoms with Crippen molar-refractivity contribution >= 4 is 23.3 Å². The maximum atomic E-state index is 12.9. The molecule has 0 unspecified atom stereocenters. The van der Waals surface area contributed by atoms with Crippen molar-refractivity contribution in [3.05, 3.63) is 94.5 Å². The summed E-state index contributed by atoms with van der Waals surface area (Å²) in [5.74, 6) is -0.427. The second-order valence-corrected chi connectivity index (χ2v) is 8.09. The van der Waals surface area contributed by atoms with Crippen molar-refractivity contribution in [2.45, 2.75) is 26.2 Å². The molecule has 0 atom stereocenters. The molecule has 1 N–H and O–H groups in total. The SMILES string of the molecule is CC(=O)c1ccc2c(c1)N(Cc1cccc(C(=O)NCc3cccc(C(F)(F)F)c3)c1)C(=O)CO2. The largest absolute Gasteiger partial charge is 0.482 e. The molecule has 4 rings (SSSR count). The van der Waals surface area contributed by atoms with E-state index in [0.29, 0.717) is 33.7 Å². The zero-order valence-corrected chi connectivity index (χ0v) is 18.7. The Bertz CT molecular complexity index is 1300. The van der Waals surface area contributed by atoms with Crippen LogP contribution in [0.1, 0.15) is 44.3 Å². The number of carbonyl (C=O) groups excluding carboxylic acids is 3. The summed E-state index contributed by atoms with van der Waals surface area (Å²) in [6.45, 7) is 1.35. The first-order valence-electron chi connectivity index (χ1n) is 10.7. The zero-order chi connectivity index (χ0) is 25.2. The van der Waals surface area contributed by atoms with Crippen molar-refractivity contribution in [2.24, 2.45) is 0 Å². The molecule has 35 heavy (non-hydrogen) atoms. The summed E-state index contributed by atoms with van der Waals surface area (Å²) in [6.07, 6.45) is -4.46. The average molecular weight is 482 g/mol. The highest BCUT2D eigenvalue weighted by Gasteiger charge is 2.30. The van der Waals surface area contributed by atoms with Crippen LogP contribution in [0.3, 0.4) is 0 Å². The van der Waals surface area contributed by atoms with Crippen LogP contribution < -0.4 is 15.0 Å². The fraction of sp³-hybridized carbons (Fsp3) is 0.192.